The van der Waals surface area contributed by atoms with Gasteiger partial charge in [0.2, 0.25) is 0 Å². The zero-order valence-corrected chi connectivity index (χ0v) is 11.3. The second-order valence-electron chi connectivity index (χ2n) is 4.03. The Bertz CT molecular complexity index is 284. The maximum Gasteiger partial charge on any atom is 0.150 e. The molecule has 16 heavy (non-hydrogen) atoms. The molecule has 1 aliphatic rings. The van der Waals surface area contributed by atoms with Crippen LogP contribution in [0.2, 0.25) is 0 Å². The number of carbonyl (C=O) groups is 2. The maximum atomic E-state index is 11.3. The largest absolute Gasteiger partial charge is 0.357 e. The highest BCUT2D eigenvalue weighted by atomic mass is 32.2. The van der Waals surface area contributed by atoms with Crippen LogP contribution in [0.3, 0.4) is 0 Å². The Balaban J connectivity index is 2.53. The third-order valence-corrected chi connectivity index (χ3v) is 4.48. The number of nitrogens with zero attached hydrogens (tertiary/aromatic N) is 1. The summed E-state index contributed by atoms with van der Waals surface area (Å²) in [7, 11) is 0. The number of likely N-dealkylation sites (tertiary alicyclic amines) is 1. The first-order valence-electron chi connectivity index (χ1n) is 5.49. The Morgan fingerprint density at radius 2 is 1.62 bits per heavy atom. The summed E-state index contributed by atoms with van der Waals surface area (Å²) in [5.74, 6) is -0.228. The van der Waals surface area contributed by atoms with Gasteiger partial charge in [-0.2, -0.15) is 0 Å². The third-order valence-electron chi connectivity index (χ3n) is 2.57. The minimum atomic E-state index is -0.616. The predicted octanol–water partition coefficient (Wildman–Crippen LogP) is 2.04. The van der Waals surface area contributed by atoms with E-state index in [1.807, 2.05) is 0 Å². The molecule has 0 bridgehead atoms. The molecular weight excluding hydrogens is 242 g/mol. The first-order chi connectivity index (χ1) is 7.52. The summed E-state index contributed by atoms with van der Waals surface area (Å²) in [6.07, 6.45) is 3.53. The number of ketones is 2. The van der Waals surface area contributed by atoms with Gasteiger partial charge in [0.25, 0.3) is 0 Å². The number of rotatable bonds is 3. The maximum absolute atomic E-state index is 11.3. The zero-order chi connectivity index (χ0) is 12.1. The van der Waals surface area contributed by atoms with Gasteiger partial charge in [-0.15, -0.1) is 0 Å². The van der Waals surface area contributed by atoms with Gasteiger partial charge in [0, 0.05) is 13.1 Å². The monoisotopic (exact) mass is 259 g/mol. The molecule has 0 saturated carbocycles. The molecule has 0 unspecified atom stereocenters. The molecule has 0 aromatic heterocycles. The van der Waals surface area contributed by atoms with Crippen molar-refractivity contribution in [2.75, 3.05) is 13.1 Å². The van der Waals surface area contributed by atoms with Gasteiger partial charge in [0.15, 0.2) is 11.6 Å². The lowest BCUT2D eigenvalue weighted by atomic mass is 10.1. The van der Waals surface area contributed by atoms with Gasteiger partial charge in [0.1, 0.15) is 9.57 Å². The fourth-order valence-corrected chi connectivity index (χ4v) is 3.04. The smallest absolute Gasteiger partial charge is 0.150 e. The number of piperidine rings is 1. The number of thiocarbonyl (C=S) groups is 1. The van der Waals surface area contributed by atoms with Crippen molar-refractivity contribution in [2.24, 2.45) is 0 Å². The molecule has 0 aromatic carbocycles. The van der Waals surface area contributed by atoms with Crippen LogP contribution in [0.5, 0.6) is 0 Å². The zero-order valence-electron chi connectivity index (χ0n) is 9.69. The van der Waals surface area contributed by atoms with Crippen LogP contribution in [0.15, 0.2) is 0 Å². The van der Waals surface area contributed by atoms with Crippen LogP contribution in [0.4, 0.5) is 0 Å². The highest BCUT2D eigenvalue weighted by Gasteiger charge is 2.24. The van der Waals surface area contributed by atoms with E-state index < -0.39 is 5.25 Å². The second kappa shape index (κ2) is 6.35. The first kappa shape index (κ1) is 13.6. The highest BCUT2D eigenvalue weighted by Crippen LogP contribution is 2.21. The van der Waals surface area contributed by atoms with Crippen LogP contribution < -0.4 is 0 Å². The molecule has 5 heteroatoms. The topological polar surface area (TPSA) is 37.4 Å². The van der Waals surface area contributed by atoms with E-state index in [-0.39, 0.29) is 11.6 Å². The van der Waals surface area contributed by atoms with E-state index in [1.54, 1.807) is 0 Å². The molecule has 3 nitrogen and oxygen atoms in total. The van der Waals surface area contributed by atoms with Gasteiger partial charge < -0.3 is 4.90 Å². The van der Waals surface area contributed by atoms with E-state index in [0.717, 1.165) is 25.9 Å². The van der Waals surface area contributed by atoms with Gasteiger partial charge in [-0.1, -0.05) is 24.0 Å². The van der Waals surface area contributed by atoms with Crippen LogP contribution in [0.25, 0.3) is 0 Å². The molecule has 1 rings (SSSR count). The molecule has 1 saturated heterocycles. The lowest BCUT2D eigenvalue weighted by Gasteiger charge is -2.29. The van der Waals surface area contributed by atoms with Crippen LogP contribution in [-0.4, -0.2) is 39.1 Å². The van der Waals surface area contributed by atoms with Crippen molar-refractivity contribution in [3.63, 3.8) is 0 Å². The Labute approximate surface area is 106 Å². The second-order valence-corrected chi connectivity index (χ2v) is 5.77. The standard InChI is InChI=1S/C11H17NO2S2/c1-8(13)10(9(2)14)16-11(15)12-6-4-3-5-7-12/h10H,3-7H2,1-2H3. The summed E-state index contributed by atoms with van der Waals surface area (Å²) in [6, 6.07) is 0. The van der Waals surface area contributed by atoms with Crippen molar-refractivity contribution in [1.29, 1.82) is 0 Å². The molecule has 0 N–H and O–H groups in total. The minimum Gasteiger partial charge on any atom is -0.357 e. The van der Waals surface area contributed by atoms with Gasteiger partial charge >= 0.3 is 0 Å². The van der Waals surface area contributed by atoms with Gasteiger partial charge in [0.05, 0.1) is 0 Å². The summed E-state index contributed by atoms with van der Waals surface area (Å²) >= 11 is 6.50. The summed E-state index contributed by atoms with van der Waals surface area (Å²) in [5, 5.41) is -0.616. The van der Waals surface area contributed by atoms with Crippen LogP contribution in [0.1, 0.15) is 33.1 Å². The van der Waals surface area contributed by atoms with Gasteiger partial charge in [-0.3, -0.25) is 9.59 Å². The van der Waals surface area contributed by atoms with Crippen molar-refractivity contribution in [3.8, 4) is 0 Å². The Hall–Kier alpha value is -0.420. The molecule has 0 amide bonds. The molecule has 0 aromatic rings. The van der Waals surface area contributed by atoms with E-state index >= 15 is 0 Å². The Morgan fingerprint density at radius 1 is 1.12 bits per heavy atom. The average molecular weight is 259 g/mol. The number of hydrogen-bond donors (Lipinski definition) is 0. The third kappa shape index (κ3) is 3.87. The van der Waals surface area contributed by atoms with E-state index in [0.29, 0.717) is 4.32 Å². The minimum absolute atomic E-state index is 0.114. The molecule has 0 spiro atoms. The van der Waals surface area contributed by atoms with Crippen molar-refractivity contribution in [2.45, 2.75) is 38.4 Å². The Kier molecular flexibility index (Phi) is 5.41. The fourth-order valence-electron chi connectivity index (χ4n) is 1.70. The predicted molar refractivity (Wildman–Crippen MR) is 70.8 cm³/mol. The van der Waals surface area contributed by atoms with E-state index in [9.17, 15) is 9.59 Å². The molecule has 1 heterocycles. The number of thioether (sulfide) groups is 1. The SMILES string of the molecule is CC(=O)C(SC(=S)N1CCCCC1)C(C)=O. The van der Waals surface area contributed by atoms with Crippen molar-refractivity contribution >= 4 is 39.9 Å². The molecule has 0 radical (unpaired) electrons. The van der Waals surface area contributed by atoms with Crippen LogP contribution in [-0.2, 0) is 9.59 Å². The van der Waals surface area contributed by atoms with Gasteiger partial charge in [-0.05, 0) is 33.1 Å². The fraction of sp³-hybridized carbons (Fsp3) is 0.727. The van der Waals surface area contributed by atoms with Crippen molar-refractivity contribution < 1.29 is 9.59 Å². The molecule has 1 aliphatic heterocycles. The Morgan fingerprint density at radius 3 is 2.06 bits per heavy atom. The van der Waals surface area contributed by atoms with Gasteiger partial charge in [-0.25, -0.2) is 0 Å². The number of hydrogen-bond acceptors (Lipinski definition) is 4. The molecule has 0 aliphatic carbocycles. The average Bonchev–Trinajstić information content (AvgIpc) is 2.25. The van der Waals surface area contributed by atoms with E-state index in [2.05, 4.69) is 4.90 Å². The normalized spacial score (nSPS) is 16.3. The van der Waals surface area contributed by atoms with Crippen molar-refractivity contribution in [3.05, 3.63) is 0 Å². The van der Waals surface area contributed by atoms with Crippen molar-refractivity contribution in [1.82, 2.24) is 4.90 Å². The summed E-state index contributed by atoms with van der Waals surface area (Å²) in [5.41, 5.74) is 0. The quantitative estimate of drug-likeness (QED) is 0.573. The van der Waals surface area contributed by atoms with E-state index in [1.165, 1.54) is 32.0 Å². The molecule has 90 valence electrons. The highest BCUT2D eigenvalue weighted by molar-refractivity contribution is 8.24. The lowest BCUT2D eigenvalue weighted by molar-refractivity contribution is -0.123. The van der Waals surface area contributed by atoms with Crippen LogP contribution in [0, 0.1) is 0 Å². The van der Waals surface area contributed by atoms with E-state index in [4.69, 9.17) is 12.2 Å². The molecule has 1 fully saturated rings. The summed E-state index contributed by atoms with van der Waals surface area (Å²) in [4.78, 5) is 24.7. The number of carbonyl (C=O) groups excluding carboxylic acids is 2. The summed E-state index contributed by atoms with van der Waals surface area (Å²) in [6.45, 7) is 4.79. The molecule has 0 atom stereocenters. The first-order valence-corrected chi connectivity index (χ1v) is 6.77. The summed E-state index contributed by atoms with van der Waals surface area (Å²) < 4.78 is 0.690. The number of Topliss-reactive ketones (excluding diaryl/α,β-unsaturated/α-hetero) is 2. The lowest BCUT2D eigenvalue weighted by Crippen LogP contribution is -2.35. The van der Waals surface area contributed by atoms with Crippen LogP contribution >= 0.6 is 24.0 Å². The molecular formula is C11H17NO2S2.